The van der Waals surface area contributed by atoms with E-state index >= 15 is 0 Å². The van der Waals surface area contributed by atoms with Gasteiger partial charge in [0.1, 0.15) is 6.54 Å². The lowest BCUT2D eigenvalue weighted by atomic mass is 10.2. The summed E-state index contributed by atoms with van der Waals surface area (Å²) < 4.78 is 62.4. The van der Waals surface area contributed by atoms with E-state index in [1.807, 2.05) is 6.07 Å². The normalized spacial score (nSPS) is 12.4. The van der Waals surface area contributed by atoms with Gasteiger partial charge in [-0.3, -0.25) is 0 Å². The van der Waals surface area contributed by atoms with Crippen LogP contribution >= 0.6 is 0 Å². The molecule has 0 bridgehead atoms. The highest BCUT2D eigenvalue weighted by atomic mass is 32.2. The molecule has 0 unspecified atom stereocenters. The van der Waals surface area contributed by atoms with Crippen LogP contribution in [0, 0.1) is 11.3 Å². The van der Waals surface area contributed by atoms with Crippen molar-refractivity contribution >= 4 is 10.0 Å². The molecule has 1 aromatic rings. The smallest absolute Gasteiger partial charge is 0.207 e. The summed E-state index contributed by atoms with van der Waals surface area (Å²) in [6, 6.07) is 7.20. The van der Waals surface area contributed by atoms with Crippen LogP contribution in [0.25, 0.3) is 0 Å². The van der Waals surface area contributed by atoms with E-state index in [9.17, 15) is 21.6 Å². The Balaban J connectivity index is 3.08. The highest BCUT2D eigenvalue weighted by Crippen LogP contribution is 2.23. The number of halogens is 3. The Bertz CT molecular complexity index is 604. The van der Waals surface area contributed by atoms with Crippen LogP contribution in [0.1, 0.15) is 18.9 Å². The van der Waals surface area contributed by atoms with Gasteiger partial charge >= 0.3 is 6.18 Å². The van der Waals surface area contributed by atoms with E-state index in [0.717, 1.165) is 0 Å². The molecule has 0 aliphatic rings. The van der Waals surface area contributed by atoms with E-state index < -0.39 is 22.7 Å². The van der Waals surface area contributed by atoms with E-state index in [1.165, 1.54) is 24.3 Å². The van der Waals surface area contributed by atoms with Gasteiger partial charge in [0.15, 0.2) is 0 Å². The molecule has 0 amide bonds. The molecule has 4 nitrogen and oxygen atoms in total. The Hall–Kier alpha value is -1.59. The van der Waals surface area contributed by atoms with Gasteiger partial charge in [-0.1, -0.05) is 19.1 Å². The van der Waals surface area contributed by atoms with Crippen LogP contribution in [-0.4, -0.2) is 32.0 Å². The zero-order valence-corrected chi connectivity index (χ0v) is 12.2. The van der Waals surface area contributed by atoms with Crippen molar-refractivity contribution in [2.45, 2.75) is 30.8 Å². The fraction of sp³-hybridized carbons (Fsp3) is 0.462. The molecule has 0 N–H and O–H groups in total. The Kier molecular flexibility index (Phi) is 5.75. The maximum atomic E-state index is 12.5. The molecule has 0 radical (unpaired) electrons. The molecule has 0 saturated heterocycles. The van der Waals surface area contributed by atoms with Crippen LogP contribution < -0.4 is 0 Å². The first kappa shape index (κ1) is 17.5. The largest absolute Gasteiger partial charge is 0.402 e. The van der Waals surface area contributed by atoms with Crippen LogP contribution in [-0.2, 0) is 16.4 Å². The molecule has 21 heavy (non-hydrogen) atoms. The number of nitriles is 1. The Morgan fingerprint density at radius 3 is 2.24 bits per heavy atom. The van der Waals surface area contributed by atoms with E-state index in [4.69, 9.17) is 5.26 Å². The molecule has 0 saturated carbocycles. The molecule has 8 heteroatoms. The lowest BCUT2D eigenvalue weighted by molar-refractivity contribution is -0.136. The van der Waals surface area contributed by atoms with Gasteiger partial charge in [0.2, 0.25) is 10.0 Å². The molecule has 1 aromatic carbocycles. The molecule has 116 valence electrons. The highest BCUT2D eigenvalue weighted by Gasteiger charge is 2.36. The molecular weight excluding hydrogens is 305 g/mol. The maximum absolute atomic E-state index is 12.5. The molecule has 0 heterocycles. The van der Waals surface area contributed by atoms with Gasteiger partial charge in [-0.25, -0.2) is 8.42 Å². The molecule has 0 aliphatic carbocycles. The van der Waals surface area contributed by atoms with Crippen LogP contribution in [0.15, 0.2) is 29.2 Å². The van der Waals surface area contributed by atoms with Gasteiger partial charge in [0.25, 0.3) is 0 Å². The van der Waals surface area contributed by atoms with Crippen LogP contribution in [0.2, 0.25) is 0 Å². The zero-order chi connectivity index (χ0) is 16.1. The summed E-state index contributed by atoms with van der Waals surface area (Å²) in [6.07, 6.45) is -4.20. The minimum Gasteiger partial charge on any atom is -0.207 e. The van der Waals surface area contributed by atoms with Gasteiger partial charge in [-0.2, -0.15) is 22.7 Å². The third-order valence-electron chi connectivity index (χ3n) is 2.67. The van der Waals surface area contributed by atoms with E-state index in [2.05, 4.69) is 0 Å². The summed E-state index contributed by atoms with van der Waals surface area (Å²) in [4.78, 5) is -0.207. The van der Waals surface area contributed by atoms with Crippen molar-refractivity contribution in [2.75, 3.05) is 13.1 Å². The van der Waals surface area contributed by atoms with E-state index in [-0.39, 0.29) is 24.3 Å². The number of benzene rings is 1. The summed E-state index contributed by atoms with van der Waals surface area (Å²) >= 11 is 0. The number of hydrogen-bond donors (Lipinski definition) is 0. The number of sulfonamides is 1. The van der Waals surface area contributed by atoms with Gasteiger partial charge in [-0.15, -0.1) is 0 Å². The zero-order valence-electron chi connectivity index (χ0n) is 11.4. The van der Waals surface area contributed by atoms with Gasteiger partial charge in [-0.05, 0) is 24.1 Å². The Morgan fingerprint density at radius 2 is 1.81 bits per heavy atom. The highest BCUT2D eigenvalue weighted by molar-refractivity contribution is 7.89. The molecule has 0 fully saturated rings. The predicted molar refractivity (Wildman–Crippen MR) is 70.9 cm³/mol. The predicted octanol–water partition coefficient (Wildman–Crippen LogP) is 2.72. The second kappa shape index (κ2) is 6.91. The summed E-state index contributed by atoms with van der Waals surface area (Å²) in [6.45, 7) is -0.111. The molecule has 0 aromatic heterocycles. The maximum Gasteiger partial charge on any atom is 0.402 e. The van der Waals surface area contributed by atoms with Crippen molar-refractivity contribution in [1.82, 2.24) is 4.31 Å². The second-order valence-electron chi connectivity index (χ2n) is 4.43. The van der Waals surface area contributed by atoms with Gasteiger partial charge in [0, 0.05) is 6.54 Å². The Labute approximate surface area is 121 Å². The number of alkyl halides is 3. The average molecular weight is 320 g/mol. The topological polar surface area (TPSA) is 61.2 Å². The summed E-state index contributed by atoms with van der Waals surface area (Å²) in [7, 11) is -4.20. The van der Waals surface area contributed by atoms with Crippen molar-refractivity contribution in [2.24, 2.45) is 0 Å². The second-order valence-corrected chi connectivity index (χ2v) is 6.37. The first-order valence-corrected chi connectivity index (χ1v) is 7.67. The minimum atomic E-state index is -4.59. The lowest BCUT2D eigenvalue weighted by Crippen LogP contribution is -2.39. The van der Waals surface area contributed by atoms with Crippen LogP contribution in [0.3, 0.4) is 0 Å². The van der Waals surface area contributed by atoms with E-state index in [0.29, 0.717) is 9.87 Å². The number of rotatable bonds is 6. The average Bonchev–Trinajstić information content (AvgIpc) is 2.38. The quantitative estimate of drug-likeness (QED) is 0.809. The van der Waals surface area contributed by atoms with E-state index in [1.54, 1.807) is 6.92 Å². The van der Waals surface area contributed by atoms with Crippen LogP contribution in [0.5, 0.6) is 0 Å². The molecule has 1 rings (SSSR count). The standard InChI is InChI=1S/C13H15F3N2O2S/c1-2-9-18(10-13(14,15)16)21(19,20)12-5-3-11(4-6-12)7-8-17/h3-6H,2,7,9-10H2,1H3. The lowest BCUT2D eigenvalue weighted by Gasteiger charge is -2.22. The monoisotopic (exact) mass is 320 g/mol. The summed E-state index contributed by atoms with van der Waals surface area (Å²) in [5.41, 5.74) is 0.606. The number of hydrogen-bond acceptors (Lipinski definition) is 3. The third kappa shape index (κ3) is 5.02. The van der Waals surface area contributed by atoms with Gasteiger partial charge in [0.05, 0.1) is 17.4 Å². The summed E-state index contributed by atoms with van der Waals surface area (Å²) in [5.74, 6) is 0. The van der Waals surface area contributed by atoms with Crippen molar-refractivity contribution in [3.05, 3.63) is 29.8 Å². The molecular formula is C13H15F3N2O2S. The fourth-order valence-electron chi connectivity index (χ4n) is 1.75. The third-order valence-corrected chi connectivity index (χ3v) is 4.53. The minimum absolute atomic E-state index is 0.113. The molecule has 0 aliphatic heterocycles. The number of nitrogens with zero attached hydrogens (tertiary/aromatic N) is 2. The van der Waals surface area contributed by atoms with Crippen molar-refractivity contribution in [1.29, 1.82) is 5.26 Å². The fourth-order valence-corrected chi connectivity index (χ4v) is 3.27. The first-order valence-electron chi connectivity index (χ1n) is 6.23. The van der Waals surface area contributed by atoms with Crippen molar-refractivity contribution in [3.8, 4) is 6.07 Å². The molecule has 0 spiro atoms. The Morgan fingerprint density at radius 1 is 1.24 bits per heavy atom. The molecule has 0 atom stereocenters. The summed E-state index contributed by atoms with van der Waals surface area (Å²) in [5, 5.41) is 8.53. The van der Waals surface area contributed by atoms with Crippen molar-refractivity contribution in [3.63, 3.8) is 0 Å². The SMILES string of the molecule is CCCN(CC(F)(F)F)S(=O)(=O)c1ccc(CC#N)cc1. The van der Waals surface area contributed by atoms with Crippen LogP contribution in [0.4, 0.5) is 13.2 Å². The first-order chi connectivity index (χ1) is 9.70. The van der Waals surface area contributed by atoms with Gasteiger partial charge < -0.3 is 0 Å². The van der Waals surface area contributed by atoms with Crippen molar-refractivity contribution < 1.29 is 21.6 Å².